The molecule has 3 rings (SSSR count). The van der Waals surface area contributed by atoms with Crippen molar-refractivity contribution in [2.75, 3.05) is 0 Å². The number of benzene rings is 1. The molecule has 0 bridgehead atoms. The molecule has 4 nitrogen and oxygen atoms in total. The lowest BCUT2D eigenvalue weighted by Crippen LogP contribution is -2.08. The van der Waals surface area contributed by atoms with Crippen molar-refractivity contribution in [3.05, 3.63) is 41.2 Å². The highest BCUT2D eigenvalue weighted by atomic mass is 32.2. The number of hydrogen-bond acceptors (Lipinski definition) is 4. The Morgan fingerprint density at radius 3 is 2.89 bits per heavy atom. The van der Waals surface area contributed by atoms with E-state index in [9.17, 15) is 0 Å². The van der Waals surface area contributed by atoms with Crippen LogP contribution in [0.5, 0.6) is 0 Å². The maximum absolute atomic E-state index is 5.72. The first-order valence-corrected chi connectivity index (χ1v) is 7.58. The molecule has 0 atom stereocenters. The largest absolute Gasteiger partial charge is 0.324 e. The third kappa shape index (κ3) is 2.82. The van der Waals surface area contributed by atoms with Crippen LogP contribution in [0.15, 0.2) is 29.4 Å². The van der Waals surface area contributed by atoms with E-state index in [-0.39, 0.29) is 0 Å². The smallest absolute Gasteiger partial charge is 0.191 e. The lowest BCUT2D eigenvalue weighted by atomic mass is 10.2. The standard InChI is InChI=1S/C14H18N4S/c1-10-3-2-4-11(7-10)9-19-14-17-16-13(8-15)18(14)12-5-6-12/h2-4,7,12H,5-6,8-9,15H2,1H3. The van der Waals surface area contributed by atoms with E-state index in [4.69, 9.17) is 5.73 Å². The third-order valence-electron chi connectivity index (χ3n) is 3.28. The van der Waals surface area contributed by atoms with Crippen molar-refractivity contribution < 1.29 is 0 Å². The second-order valence-electron chi connectivity index (χ2n) is 4.98. The van der Waals surface area contributed by atoms with Crippen molar-refractivity contribution in [2.24, 2.45) is 5.73 Å². The van der Waals surface area contributed by atoms with Crippen LogP contribution in [0, 0.1) is 6.92 Å². The molecule has 0 aliphatic heterocycles. The first-order valence-electron chi connectivity index (χ1n) is 6.60. The van der Waals surface area contributed by atoms with Crippen LogP contribution in [0.2, 0.25) is 0 Å². The average Bonchev–Trinajstić information content (AvgIpc) is 3.17. The fraction of sp³-hybridized carbons (Fsp3) is 0.429. The summed E-state index contributed by atoms with van der Waals surface area (Å²) in [6.45, 7) is 2.59. The lowest BCUT2D eigenvalue weighted by molar-refractivity contribution is 0.626. The molecule has 2 N–H and O–H groups in total. The molecule has 1 aromatic heterocycles. The zero-order valence-corrected chi connectivity index (χ0v) is 11.9. The van der Waals surface area contributed by atoms with Gasteiger partial charge in [-0.2, -0.15) is 0 Å². The molecule has 0 amide bonds. The molecule has 100 valence electrons. The highest BCUT2D eigenvalue weighted by Gasteiger charge is 2.29. The number of rotatable bonds is 5. The molecule has 5 heteroatoms. The number of aryl methyl sites for hydroxylation is 1. The van der Waals surface area contributed by atoms with Gasteiger partial charge in [0.05, 0.1) is 6.54 Å². The highest BCUT2D eigenvalue weighted by molar-refractivity contribution is 7.98. The van der Waals surface area contributed by atoms with Crippen LogP contribution in [0.3, 0.4) is 0 Å². The fourth-order valence-electron chi connectivity index (χ4n) is 2.19. The van der Waals surface area contributed by atoms with Gasteiger partial charge in [-0.1, -0.05) is 41.6 Å². The summed E-state index contributed by atoms with van der Waals surface area (Å²) in [6.07, 6.45) is 2.45. The Bertz CT molecular complexity index is 575. The van der Waals surface area contributed by atoms with Gasteiger partial charge in [0.1, 0.15) is 5.82 Å². The molecule has 0 unspecified atom stereocenters. The normalized spacial score (nSPS) is 14.8. The van der Waals surface area contributed by atoms with E-state index >= 15 is 0 Å². The van der Waals surface area contributed by atoms with E-state index in [0.29, 0.717) is 12.6 Å². The monoisotopic (exact) mass is 274 g/mol. The van der Waals surface area contributed by atoms with Crippen LogP contribution < -0.4 is 5.73 Å². The predicted molar refractivity (Wildman–Crippen MR) is 76.9 cm³/mol. The predicted octanol–water partition coefficient (Wildman–Crippen LogP) is 2.67. The van der Waals surface area contributed by atoms with Gasteiger partial charge in [0.15, 0.2) is 5.16 Å². The Balaban J connectivity index is 1.75. The molecule has 0 radical (unpaired) electrons. The topological polar surface area (TPSA) is 56.7 Å². The van der Waals surface area contributed by atoms with Crippen LogP contribution in [0.25, 0.3) is 0 Å². The van der Waals surface area contributed by atoms with Gasteiger partial charge in [0, 0.05) is 11.8 Å². The third-order valence-corrected chi connectivity index (χ3v) is 4.29. The molecular formula is C14H18N4S. The second kappa shape index (κ2) is 5.35. The van der Waals surface area contributed by atoms with Crippen molar-refractivity contribution in [2.45, 2.75) is 43.3 Å². The first-order chi connectivity index (χ1) is 9.28. The number of nitrogens with zero attached hydrogens (tertiary/aromatic N) is 3. The van der Waals surface area contributed by atoms with Gasteiger partial charge in [-0.15, -0.1) is 10.2 Å². The molecular weight excluding hydrogens is 256 g/mol. The van der Waals surface area contributed by atoms with Crippen molar-refractivity contribution in [1.82, 2.24) is 14.8 Å². The summed E-state index contributed by atoms with van der Waals surface area (Å²) < 4.78 is 2.22. The number of aromatic nitrogens is 3. The van der Waals surface area contributed by atoms with Crippen LogP contribution in [0.1, 0.15) is 35.8 Å². The molecule has 2 aromatic rings. The molecule has 1 saturated carbocycles. The zero-order chi connectivity index (χ0) is 13.2. The SMILES string of the molecule is Cc1cccc(CSc2nnc(CN)n2C2CC2)c1. The van der Waals surface area contributed by atoms with Crippen LogP contribution in [0.4, 0.5) is 0 Å². The summed E-state index contributed by atoms with van der Waals surface area (Å²) in [5.74, 6) is 1.84. The number of nitrogens with two attached hydrogens (primary N) is 1. The minimum Gasteiger partial charge on any atom is -0.324 e. The molecule has 1 aliphatic carbocycles. The summed E-state index contributed by atoms with van der Waals surface area (Å²) in [5, 5.41) is 9.48. The van der Waals surface area contributed by atoms with Gasteiger partial charge in [-0.25, -0.2) is 0 Å². The summed E-state index contributed by atoms with van der Waals surface area (Å²) in [4.78, 5) is 0. The van der Waals surface area contributed by atoms with E-state index in [1.165, 1.54) is 24.0 Å². The van der Waals surface area contributed by atoms with Crippen LogP contribution in [-0.2, 0) is 12.3 Å². The van der Waals surface area contributed by atoms with Gasteiger partial charge in [-0.05, 0) is 25.3 Å². The maximum atomic E-state index is 5.72. The van der Waals surface area contributed by atoms with Gasteiger partial charge >= 0.3 is 0 Å². The molecule has 1 heterocycles. The Hall–Kier alpha value is -1.33. The molecule has 0 saturated heterocycles. The summed E-state index contributed by atoms with van der Waals surface area (Å²) in [7, 11) is 0. The van der Waals surface area contributed by atoms with Crippen molar-refractivity contribution in [3.63, 3.8) is 0 Å². The Kier molecular flexibility index (Phi) is 3.57. The zero-order valence-electron chi connectivity index (χ0n) is 11.0. The van der Waals surface area contributed by atoms with E-state index in [1.54, 1.807) is 11.8 Å². The second-order valence-corrected chi connectivity index (χ2v) is 5.92. The lowest BCUT2D eigenvalue weighted by Gasteiger charge is -2.07. The number of hydrogen-bond donors (Lipinski definition) is 1. The van der Waals surface area contributed by atoms with Gasteiger partial charge in [-0.3, -0.25) is 0 Å². The minimum absolute atomic E-state index is 0.467. The molecule has 1 fully saturated rings. The van der Waals surface area contributed by atoms with E-state index in [2.05, 4.69) is 46.0 Å². The van der Waals surface area contributed by atoms with E-state index in [0.717, 1.165) is 16.7 Å². The van der Waals surface area contributed by atoms with Crippen molar-refractivity contribution in [1.29, 1.82) is 0 Å². The summed E-state index contributed by atoms with van der Waals surface area (Å²) in [5.41, 5.74) is 8.34. The summed E-state index contributed by atoms with van der Waals surface area (Å²) >= 11 is 1.75. The Morgan fingerprint density at radius 1 is 1.37 bits per heavy atom. The molecule has 1 aromatic carbocycles. The van der Waals surface area contributed by atoms with Gasteiger partial charge in [0.25, 0.3) is 0 Å². The van der Waals surface area contributed by atoms with Gasteiger partial charge < -0.3 is 10.3 Å². The Morgan fingerprint density at radius 2 is 2.21 bits per heavy atom. The molecule has 1 aliphatic rings. The van der Waals surface area contributed by atoms with Crippen LogP contribution in [-0.4, -0.2) is 14.8 Å². The molecule has 19 heavy (non-hydrogen) atoms. The summed E-state index contributed by atoms with van der Waals surface area (Å²) in [6, 6.07) is 9.17. The Labute approximate surface area is 117 Å². The van der Waals surface area contributed by atoms with Crippen LogP contribution >= 0.6 is 11.8 Å². The van der Waals surface area contributed by atoms with Crippen molar-refractivity contribution >= 4 is 11.8 Å². The highest BCUT2D eigenvalue weighted by Crippen LogP contribution is 2.39. The quantitative estimate of drug-likeness (QED) is 0.852. The van der Waals surface area contributed by atoms with E-state index < -0.39 is 0 Å². The van der Waals surface area contributed by atoms with E-state index in [1.807, 2.05) is 0 Å². The first kappa shape index (κ1) is 12.7. The maximum Gasteiger partial charge on any atom is 0.191 e. The van der Waals surface area contributed by atoms with Gasteiger partial charge in [0.2, 0.25) is 0 Å². The minimum atomic E-state index is 0.467. The average molecular weight is 274 g/mol. The van der Waals surface area contributed by atoms with Crippen molar-refractivity contribution in [3.8, 4) is 0 Å². The number of thioether (sulfide) groups is 1. The molecule has 0 spiro atoms. The fourth-order valence-corrected chi connectivity index (χ4v) is 3.16.